The Morgan fingerprint density at radius 1 is 1.28 bits per heavy atom. The van der Waals surface area contributed by atoms with E-state index in [0.717, 1.165) is 28.0 Å². The van der Waals surface area contributed by atoms with Crippen LogP contribution in [0.3, 0.4) is 0 Å². The molecule has 0 radical (unpaired) electrons. The Labute approximate surface area is 105 Å². The highest BCUT2D eigenvalue weighted by Crippen LogP contribution is 2.35. The van der Waals surface area contributed by atoms with Crippen LogP contribution in [0.2, 0.25) is 0 Å². The largest absolute Gasteiger partial charge is 0.486 e. The van der Waals surface area contributed by atoms with Crippen LogP contribution < -0.4 is 9.47 Å². The average Bonchev–Trinajstić information content (AvgIpc) is 2.36. The third-order valence-corrected chi connectivity index (χ3v) is 2.93. The fourth-order valence-corrected chi connectivity index (χ4v) is 2.15. The van der Waals surface area contributed by atoms with Gasteiger partial charge in [0.25, 0.3) is 0 Å². The number of benzene rings is 1. The molecule has 2 heterocycles. The molecule has 2 aromatic rings. The maximum absolute atomic E-state index is 11.2. The minimum Gasteiger partial charge on any atom is -0.486 e. The molecule has 0 amide bonds. The van der Waals surface area contributed by atoms with E-state index in [9.17, 15) is 4.79 Å². The molecule has 4 nitrogen and oxygen atoms in total. The van der Waals surface area contributed by atoms with Gasteiger partial charge >= 0.3 is 0 Å². The first-order valence-electron chi connectivity index (χ1n) is 5.91. The Hall–Kier alpha value is -2.10. The van der Waals surface area contributed by atoms with Crippen molar-refractivity contribution in [1.82, 2.24) is 4.98 Å². The number of ether oxygens (including phenoxy) is 2. The lowest BCUT2D eigenvalue weighted by molar-refractivity contribution is -0.116. The molecule has 3 rings (SSSR count). The zero-order valence-corrected chi connectivity index (χ0v) is 10.1. The second kappa shape index (κ2) is 4.29. The first-order valence-corrected chi connectivity index (χ1v) is 5.91. The number of Topliss-reactive ketones (excluding diaryl/α,β-unsaturated/α-hetero) is 1. The van der Waals surface area contributed by atoms with Gasteiger partial charge in [-0.1, -0.05) is 0 Å². The van der Waals surface area contributed by atoms with E-state index in [-0.39, 0.29) is 5.78 Å². The number of carbonyl (C=O) groups excluding carboxylic acids is 1. The Bertz CT molecular complexity index is 622. The van der Waals surface area contributed by atoms with Gasteiger partial charge in [0.2, 0.25) is 0 Å². The highest BCUT2D eigenvalue weighted by molar-refractivity contribution is 5.91. The normalized spacial score (nSPS) is 13.6. The molecule has 0 saturated carbocycles. The van der Waals surface area contributed by atoms with Crippen molar-refractivity contribution in [3.63, 3.8) is 0 Å². The molecule has 1 aliphatic rings. The standard InChI is InChI=1S/C14H13NO3/c1-9(16)6-12-11-8-14-13(17-4-5-18-14)7-10(11)2-3-15-12/h2-3,7-8H,4-6H2,1H3. The summed E-state index contributed by atoms with van der Waals surface area (Å²) >= 11 is 0. The molecule has 0 aliphatic carbocycles. The van der Waals surface area contributed by atoms with E-state index >= 15 is 0 Å². The van der Waals surface area contributed by atoms with E-state index in [1.807, 2.05) is 18.2 Å². The number of hydrogen-bond acceptors (Lipinski definition) is 4. The van der Waals surface area contributed by atoms with Crippen molar-refractivity contribution < 1.29 is 14.3 Å². The number of hydrogen-bond donors (Lipinski definition) is 0. The Morgan fingerprint density at radius 3 is 2.72 bits per heavy atom. The SMILES string of the molecule is CC(=O)Cc1nccc2cc3c(cc12)OCCO3. The van der Waals surface area contributed by atoms with Crippen LogP contribution in [-0.2, 0) is 11.2 Å². The Balaban J connectivity index is 2.17. The first-order chi connectivity index (χ1) is 8.74. The van der Waals surface area contributed by atoms with Crippen LogP contribution >= 0.6 is 0 Å². The van der Waals surface area contributed by atoms with Gasteiger partial charge in [0.15, 0.2) is 11.5 Å². The highest BCUT2D eigenvalue weighted by atomic mass is 16.6. The lowest BCUT2D eigenvalue weighted by Crippen LogP contribution is -2.15. The van der Waals surface area contributed by atoms with E-state index in [4.69, 9.17) is 9.47 Å². The van der Waals surface area contributed by atoms with Gasteiger partial charge in [0.1, 0.15) is 19.0 Å². The van der Waals surface area contributed by atoms with Crippen molar-refractivity contribution in [3.05, 3.63) is 30.1 Å². The lowest BCUT2D eigenvalue weighted by Gasteiger charge is -2.19. The minimum absolute atomic E-state index is 0.102. The molecule has 0 spiro atoms. The second-order valence-electron chi connectivity index (χ2n) is 4.35. The zero-order valence-electron chi connectivity index (χ0n) is 10.1. The van der Waals surface area contributed by atoms with Gasteiger partial charge < -0.3 is 9.47 Å². The van der Waals surface area contributed by atoms with Gasteiger partial charge in [-0.3, -0.25) is 9.78 Å². The zero-order chi connectivity index (χ0) is 12.5. The van der Waals surface area contributed by atoms with E-state index in [0.29, 0.717) is 19.6 Å². The van der Waals surface area contributed by atoms with Crippen LogP contribution in [0.5, 0.6) is 11.5 Å². The molecular weight excluding hydrogens is 230 g/mol. The monoisotopic (exact) mass is 243 g/mol. The number of pyridine rings is 1. The van der Waals surface area contributed by atoms with Crippen LogP contribution in [0.1, 0.15) is 12.6 Å². The van der Waals surface area contributed by atoms with Crippen molar-refractivity contribution in [2.45, 2.75) is 13.3 Å². The molecule has 0 bridgehead atoms. The third kappa shape index (κ3) is 1.90. The van der Waals surface area contributed by atoms with E-state index in [2.05, 4.69) is 4.98 Å². The second-order valence-corrected chi connectivity index (χ2v) is 4.35. The molecule has 0 unspecified atom stereocenters. The summed E-state index contributed by atoms with van der Waals surface area (Å²) in [5.74, 6) is 1.59. The van der Waals surface area contributed by atoms with Crippen LogP contribution in [0.25, 0.3) is 10.8 Å². The van der Waals surface area contributed by atoms with Gasteiger partial charge in [-0.2, -0.15) is 0 Å². The number of carbonyl (C=O) groups is 1. The molecular formula is C14H13NO3. The Kier molecular flexibility index (Phi) is 2.63. The first kappa shape index (κ1) is 11.0. The molecule has 0 saturated heterocycles. The molecule has 92 valence electrons. The molecule has 1 aromatic heterocycles. The number of fused-ring (bicyclic) bond motifs is 2. The molecule has 1 aliphatic heterocycles. The topological polar surface area (TPSA) is 48.4 Å². The number of aromatic nitrogens is 1. The summed E-state index contributed by atoms with van der Waals surface area (Å²) in [5, 5.41) is 1.97. The highest BCUT2D eigenvalue weighted by Gasteiger charge is 2.14. The van der Waals surface area contributed by atoms with Crippen molar-refractivity contribution >= 4 is 16.6 Å². The molecule has 18 heavy (non-hydrogen) atoms. The van der Waals surface area contributed by atoms with Gasteiger partial charge in [-0.05, 0) is 30.5 Å². The smallest absolute Gasteiger partial charge is 0.162 e. The average molecular weight is 243 g/mol. The van der Waals surface area contributed by atoms with Crippen LogP contribution in [0.15, 0.2) is 24.4 Å². The van der Waals surface area contributed by atoms with E-state index < -0.39 is 0 Å². The summed E-state index contributed by atoms with van der Waals surface area (Å²) in [6.07, 6.45) is 2.06. The van der Waals surface area contributed by atoms with Crippen molar-refractivity contribution in [2.75, 3.05) is 13.2 Å². The summed E-state index contributed by atoms with van der Waals surface area (Å²) in [6, 6.07) is 5.77. The molecule has 0 atom stereocenters. The van der Waals surface area contributed by atoms with Crippen LogP contribution in [0.4, 0.5) is 0 Å². The maximum Gasteiger partial charge on any atom is 0.162 e. The van der Waals surface area contributed by atoms with Crippen LogP contribution in [-0.4, -0.2) is 24.0 Å². The molecule has 1 aromatic carbocycles. The van der Waals surface area contributed by atoms with E-state index in [1.54, 1.807) is 13.1 Å². The van der Waals surface area contributed by atoms with Gasteiger partial charge in [0.05, 0.1) is 5.69 Å². The summed E-state index contributed by atoms with van der Waals surface area (Å²) in [6.45, 7) is 2.70. The number of ketones is 1. The quantitative estimate of drug-likeness (QED) is 0.810. The maximum atomic E-state index is 11.2. The summed E-state index contributed by atoms with van der Waals surface area (Å²) in [7, 11) is 0. The number of rotatable bonds is 2. The van der Waals surface area contributed by atoms with Gasteiger partial charge in [0, 0.05) is 18.0 Å². The molecule has 0 fully saturated rings. The number of nitrogens with zero attached hydrogens (tertiary/aromatic N) is 1. The van der Waals surface area contributed by atoms with Gasteiger partial charge in [-0.15, -0.1) is 0 Å². The van der Waals surface area contributed by atoms with Gasteiger partial charge in [-0.25, -0.2) is 0 Å². The predicted octanol–water partition coefficient (Wildman–Crippen LogP) is 2.14. The van der Waals surface area contributed by atoms with Crippen LogP contribution in [0, 0.1) is 0 Å². The van der Waals surface area contributed by atoms with E-state index in [1.165, 1.54) is 0 Å². The van der Waals surface area contributed by atoms with Crippen molar-refractivity contribution in [2.24, 2.45) is 0 Å². The summed E-state index contributed by atoms with van der Waals surface area (Å²) < 4.78 is 11.1. The fourth-order valence-electron chi connectivity index (χ4n) is 2.15. The van der Waals surface area contributed by atoms with Crippen molar-refractivity contribution in [1.29, 1.82) is 0 Å². The predicted molar refractivity (Wildman–Crippen MR) is 67.1 cm³/mol. The lowest BCUT2D eigenvalue weighted by atomic mass is 10.1. The minimum atomic E-state index is 0.102. The summed E-state index contributed by atoms with van der Waals surface area (Å²) in [4.78, 5) is 15.5. The molecule has 4 heteroatoms. The summed E-state index contributed by atoms with van der Waals surface area (Å²) in [5.41, 5.74) is 0.789. The third-order valence-electron chi connectivity index (χ3n) is 2.93. The van der Waals surface area contributed by atoms with Crippen molar-refractivity contribution in [3.8, 4) is 11.5 Å². The molecule has 0 N–H and O–H groups in total. The Morgan fingerprint density at radius 2 is 2.00 bits per heavy atom. The fraction of sp³-hybridized carbons (Fsp3) is 0.286.